The molecule has 2 aliphatic carbocycles. The Kier molecular flexibility index (Phi) is 2.51. The van der Waals surface area contributed by atoms with Crippen LogP contribution >= 0.6 is 0 Å². The Hall–Kier alpha value is -0.830. The van der Waals surface area contributed by atoms with Crippen LogP contribution in [-0.2, 0) is 13.5 Å². The minimum absolute atomic E-state index is 0.164. The third-order valence-corrected chi connectivity index (χ3v) is 4.35. The van der Waals surface area contributed by atoms with E-state index in [1.807, 2.05) is 24.0 Å². The molecular weight excluding hydrogens is 200 g/mol. The molecule has 0 aromatic carbocycles. The van der Waals surface area contributed by atoms with Gasteiger partial charge in [-0.3, -0.25) is 4.68 Å². The lowest BCUT2D eigenvalue weighted by atomic mass is 10.0. The van der Waals surface area contributed by atoms with Gasteiger partial charge < -0.3 is 5.11 Å². The largest absolute Gasteiger partial charge is 0.392 e. The first-order chi connectivity index (χ1) is 7.75. The van der Waals surface area contributed by atoms with Gasteiger partial charge in [0.15, 0.2) is 0 Å². The van der Waals surface area contributed by atoms with E-state index in [4.69, 9.17) is 0 Å². The highest BCUT2D eigenvalue weighted by atomic mass is 16.3. The fourth-order valence-electron chi connectivity index (χ4n) is 3.54. The van der Waals surface area contributed by atoms with Crippen LogP contribution in [0.25, 0.3) is 0 Å². The second-order valence-electron chi connectivity index (χ2n) is 5.44. The monoisotopic (exact) mass is 220 g/mol. The van der Waals surface area contributed by atoms with Crippen molar-refractivity contribution in [3.8, 4) is 0 Å². The molecule has 0 amide bonds. The lowest BCUT2D eigenvalue weighted by Crippen LogP contribution is -2.15. The van der Waals surface area contributed by atoms with Gasteiger partial charge in [0.1, 0.15) is 0 Å². The van der Waals surface area contributed by atoms with Crippen molar-refractivity contribution in [1.82, 2.24) is 9.78 Å². The summed E-state index contributed by atoms with van der Waals surface area (Å²) >= 11 is 0. The number of hydrogen-bond donors (Lipinski definition) is 1. The van der Waals surface area contributed by atoms with Crippen LogP contribution < -0.4 is 0 Å². The van der Waals surface area contributed by atoms with Gasteiger partial charge in [0.2, 0.25) is 0 Å². The molecule has 88 valence electrons. The van der Waals surface area contributed by atoms with E-state index in [-0.39, 0.29) is 6.10 Å². The molecule has 2 fully saturated rings. The number of aromatic nitrogens is 2. The van der Waals surface area contributed by atoms with Gasteiger partial charge in [-0.2, -0.15) is 5.10 Å². The molecule has 3 unspecified atom stereocenters. The molecule has 3 heteroatoms. The second kappa shape index (κ2) is 3.88. The molecule has 2 saturated carbocycles. The van der Waals surface area contributed by atoms with E-state index in [2.05, 4.69) is 5.10 Å². The maximum absolute atomic E-state index is 10.2. The highest BCUT2D eigenvalue weighted by Gasteiger charge is 2.53. The van der Waals surface area contributed by atoms with Crippen LogP contribution in [-0.4, -0.2) is 21.0 Å². The number of rotatable bonds is 3. The van der Waals surface area contributed by atoms with Crippen LogP contribution in [0.2, 0.25) is 0 Å². The Morgan fingerprint density at radius 2 is 2.12 bits per heavy atom. The fourth-order valence-corrected chi connectivity index (χ4v) is 3.54. The summed E-state index contributed by atoms with van der Waals surface area (Å²) in [7, 11) is 1.92. The lowest BCUT2D eigenvalue weighted by molar-refractivity contribution is 0.139. The molecule has 0 spiro atoms. The van der Waals surface area contributed by atoms with Crippen molar-refractivity contribution in [3.05, 3.63) is 18.0 Å². The van der Waals surface area contributed by atoms with E-state index in [0.717, 1.165) is 24.0 Å². The van der Waals surface area contributed by atoms with E-state index >= 15 is 0 Å². The number of aliphatic hydroxyl groups excluding tert-OH is 1. The van der Waals surface area contributed by atoms with E-state index in [1.54, 1.807) is 0 Å². The van der Waals surface area contributed by atoms with Gasteiger partial charge >= 0.3 is 0 Å². The first kappa shape index (κ1) is 10.3. The third kappa shape index (κ3) is 1.77. The molecule has 2 aliphatic rings. The first-order valence-corrected chi connectivity index (χ1v) is 6.42. The average molecular weight is 220 g/mol. The van der Waals surface area contributed by atoms with Crippen LogP contribution in [0.3, 0.4) is 0 Å². The van der Waals surface area contributed by atoms with Crippen LogP contribution in [0.5, 0.6) is 0 Å². The van der Waals surface area contributed by atoms with Gasteiger partial charge in [-0.15, -0.1) is 0 Å². The molecule has 3 atom stereocenters. The van der Waals surface area contributed by atoms with E-state index in [1.165, 1.54) is 25.7 Å². The summed E-state index contributed by atoms with van der Waals surface area (Å²) < 4.78 is 1.81. The van der Waals surface area contributed by atoms with Crippen molar-refractivity contribution in [1.29, 1.82) is 0 Å². The van der Waals surface area contributed by atoms with Crippen molar-refractivity contribution < 1.29 is 5.11 Å². The number of nitrogens with zero attached hydrogens (tertiary/aromatic N) is 2. The summed E-state index contributed by atoms with van der Waals surface area (Å²) in [6.07, 6.45) is 7.94. The summed E-state index contributed by atoms with van der Waals surface area (Å²) in [6, 6.07) is 2.01. The van der Waals surface area contributed by atoms with Crippen molar-refractivity contribution in [2.75, 3.05) is 0 Å². The zero-order valence-corrected chi connectivity index (χ0v) is 9.84. The molecule has 1 aromatic heterocycles. The quantitative estimate of drug-likeness (QED) is 0.843. The standard InChI is InChI=1S/C13H20N2O/c1-15-7-6-9(14-15)8-12(16)13-10-4-2-3-5-11(10)13/h6-7,10-13,16H,2-5,8H2,1H3. The SMILES string of the molecule is Cn1ccc(CC(O)C2C3CCCCC32)n1. The summed E-state index contributed by atoms with van der Waals surface area (Å²) in [5, 5.41) is 14.6. The highest BCUT2D eigenvalue weighted by Crippen LogP contribution is 2.57. The Bertz CT molecular complexity index is 362. The zero-order valence-electron chi connectivity index (χ0n) is 9.84. The third-order valence-electron chi connectivity index (χ3n) is 4.35. The number of hydrogen-bond acceptors (Lipinski definition) is 2. The normalized spacial score (nSPS) is 34.5. The van der Waals surface area contributed by atoms with Gasteiger partial charge in [-0.05, 0) is 36.7 Å². The minimum atomic E-state index is -0.164. The molecule has 3 rings (SSSR count). The molecule has 0 radical (unpaired) electrons. The minimum Gasteiger partial charge on any atom is -0.392 e. The van der Waals surface area contributed by atoms with Crippen molar-refractivity contribution >= 4 is 0 Å². The topological polar surface area (TPSA) is 38.0 Å². The fraction of sp³-hybridized carbons (Fsp3) is 0.769. The number of aliphatic hydroxyl groups is 1. The zero-order chi connectivity index (χ0) is 11.1. The van der Waals surface area contributed by atoms with E-state index in [9.17, 15) is 5.11 Å². The predicted molar refractivity (Wildman–Crippen MR) is 61.9 cm³/mol. The van der Waals surface area contributed by atoms with Gasteiger partial charge in [-0.25, -0.2) is 0 Å². The molecule has 1 N–H and O–H groups in total. The molecule has 16 heavy (non-hydrogen) atoms. The molecular formula is C13H20N2O. The lowest BCUT2D eigenvalue weighted by Gasteiger charge is -2.07. The molecule has 1 heterocycles. The Morgan fingerprint density at radius 3 is 2.69 bits per heavy atom. The maximum atomic E-state index is 10.2. The Morgan fingerprint density at radius 1 is 1.44 bits per heavy atom. The summed E-state index contributed by atoms with van der Waals surface area (Å²) in [5.41, 5.74) is 1.03. The maximum Gasteiger partial charge on any atom is 0.0650 e. The highest BCUT2D eigenvalue weighted by molar-refractivity contribution is 5.07. The predicted octanol–water partition coefficient (Wildman–Crippen LogP) is 1.76. The van der Waals surface area contributed by atoms with Gasteiger partial charge in [-0.1, -0.05) is 12.8 Å². The molecule has 0 aliphatic heterocycles. The number of aryl methyl sites for hydroxylation is 1. The summed E-state index contributed by atoms with van der Waals surface area (Å²) in [5.74, 6) is 2.23. The number of fused-ring (bicyclic) bond motifs is 1. The smallest absolute Gasteiger partial charge is 0.0650 e. The average Bonchev–Trinajstić information content (AvgIpc) is 2.88. The van der Waals surface area contributed by atoms with Crippen LogP contribution in [0, 0.1) is 17.8 Å². The van der Waals surface area contributed by atoms with Crippen LogP contribution in [0.1, 0.15) is 31.4 Å². The van der Waals surface area contributed by atoms with Gasteiger partial charge in [0.25, 0.3) is 0 Å². The molecule has 0 bridgehead atoms. The Labute approximate surface area is 96.5 Å². The van der Waals surface area contributed by atoms with E-state index < -0.39 is 0 Å². The van der Waals surface area contributed by atoms with Crippen LogP contribution in [0.4, 0.5) is 0 Å². The molecule has 0 saturated heterocycles. The van der Waals surface area contributed by atoms with Crippen molar-refractivity contribution in [3.63, 3.8) is 0 Å². The Balaban J connectivity index is 1.60. The van der Waals surface area contributed by atoms with Crippen LogP contribution in [0.15, 0.2) is 12.3 Å². The summed E-state index contributed by atoms with van der Waals surface area (Å²) in [6.45, 7) is 0. The molecule has 3 nitrogen and oxygen atoms in total. The second-order valence-corrected chi connectivity index (χ2v) is 5.44. The van der Waals surface area contributed by atoms with Crippen molar-refractivity contribution in [2.24, 2.45) is 24.8 Å². The van der Waals surface area contributed by atoms with E-state index in [0.29, 0.717) is 5.92 Å². The summed E-state index contributed by atoms with van der Waals surface area (Å²) in [4.78, 5) is 0. The molecule has 1 aromatic rings. The van der Waals surface area contributed by atoms with Gasteiger partial charge in [0, 0.05) is 19.7 Å². The van der Waals surface area contributed by atoms with Crippen molar-refractivity contribution in [2.45, 2.75) is 38.2 Å². The first-order valence-electron chi connectivity index (χ1n) is 6.42. The van der Waals surface area contributed by atoms with Gasteiger partial charge in [0.05, 0.1) is 11.8 Å².